The van der Waals surface area contributed by atoms with E-state index >= 15 is 0 Å². The number of rotatable bonds is 6. The maximum Gasteiger partial charge on any atom is 0.179 e. The van der Waals surface area contributed by atoms with E-state index in [1.165, 1.54) is 0 Å². The lowest BCUT2D eigenvalue weighted by Crippen LogP contribution is -2.02. The predicted octanol–water partition coefficient (Wildman–Crippen LogP) is 3.98. The van der Waals surface area contributed by atoms with Gasteiger partial charge in [0, 0.05) is 12.2 Å². The SMILES string of the molecule is COc1ccc(NCc2ccc(OC)c(OC)c2Cl)cc1. The molecule has 21 heavy (non-hydrogen) atoms. The Morgan fingerprint density at radius 3 is 2.19 bits per heavy atom. The summed E-state index contributed by atoms with van der Waals surface area (Å²) in [5.74, 6) is 1.99. The first kappa shape index (κ1) is 15.3. The largest absolute Gasteiger partial charge is 0.497 e. The number of halogens is 1. The van der Waals surface area contributed by atoms with Gasteiger partial charge in [0.05, 0.1) is 26.4 Å². The number of benzene rings is 2. The van der Waals surface area contributed by atoms with Crippen molar-refractivity contribution in [3.05, 3.63) is 47.0 Å². The van der Waals surface area contributed by atoms with Gasteiger partial charge in [-0.05, 0) is 35.9 Å². The molecule has 0 amide bonds. The minimum absolute atomic E-state index is 0.549. The second-order valence-electron chi connectivity index (χ2n) is 4.36. The highest BCUT2D eigenvalue weighted by Gasteiger charge is 2.12. The minimum Gasteiger partial charge on any atom is -0.497 e. The van der Waals surface area contributed by atoms with Crippen LogP contribution in [0.1, 0.15) is 5.56 Å². The van der Waals surface area contributed by atoms with Crippen molar-refractivity contribution in [3.63, 3.8) is 0 Å². The topological polar surface area (TPSA) is 39.7 Å². The Bertz CT molecular complexity index is 599. The highest BCUT2D eigenvalue weighted by atomic mass is 35.5. The molecule has 0 bridgehead atoms. The molecule has 0 radical (unpaired) electrons. The van der Waals surface area contributed by atoms with Gasteiger partial charge in [-0.3, -0.25) is 0 Å². The Morgan fingerprint density at radius 2 is 1.62 bits per heavy atom. The van der Waals surface area contributed by atoms with Crippen LogP contribution in [0.25, 0.3) is 0 Å². The summed E-state index contributed by atoms with van der Waals surface area (Å²) < 4.78 is 15.6. The molecule has 2 aromatic rings. The summed E-state index contributed by atoms with van der Waals surface area (Å²) in [5, 5.41) is 3.86. The number of methoxy groups -OCH3 is 3. The van der Waals surface area contributed by atoms with Crippen LogP contribution in [-0.4, -0.2) is 21.3 Å². The van der Waals surface area contributed by atoms with Crippen molar-refractivity contribution < 1.29 is 14.2 Å². The van der Waals surface area contributed by atoms with E-state index in [0.29, 0.717) is 23.1 Å². The van der Waals surface area contributed by atoms with Gasteiger partial charge in [0.1, 0.15) is 5.75 Å². The summed E-state index contributed by atoms with van der Waals surface area (Å²) in [6.07, 6.45) is 0. The molecule has 0 saturated carbocycles. The van der Waals surface area contributed by atoms with Crippen molar-refractivity contribution in [3.8, 4) is 17.2 Å². The van der Waals surface area contributed by atoms with Crippen molar-refractivity contribution in [2.45, 2.75) is 6.54 Å². The van der Waals surface area contributed by atoms with E-state index in [4.69, 9.17) is 25.8 Å². The van der Waals surface area contributed by atoms with Crippen LogP contribution in [0.5, 0.6) is 17.2 Å². The molecule has 5 heteroatoms. The van der Waals surface area contributed by atoms with Gasteiger partial charge >= 0.3 is 0 Å². The number of hydrogen-bond acceptors (Lipinski definition) is 4. The standard InChI is InChI=1S/C16H18ClNO3/c1-19-13-7-5-12(6-8-13)18-10-11-4-9-14(20-2)16(21-3)15(11)17/h4-9,18H,10H2,1-3H3. The molecule has 0 aliphatic carbocycles. The average Bonchev–Trinajstić information content (AvgIpc) is 2.53. The summed E-state index contributed by atoms with van der Waals surface area (Å²) in [4.78, 5) is 0. The van der Waals surface area contributed by atoms with Crippen LogP contribution in [0.3, 0.4) is 0 Å². The van der Waals surface area contributed by atoms with E-state index in [1.54, 1.807) is 21.3 Å². The fourth-order valence-corrected chi connectivity index (χ4v) is 2.27. The maximum atomic E-state index is 6.34. The number of hydrogen-bond donors (Lipinski definition) is 1. The van der Waals surface area contributed by atoms with Gasteiger partial charge in [-0.1, -0.05) is 17.7 Å². The molecule has 0 aliphatic rings. The van der Waals surface area contributed by atoms with Crippen molar-refractivity contribution in [2.24, 2.45) is 0 Å². The predicted molar refractivity (Wildman–Crippen MR) is 84.9 cm³/mol. The molecule has 0 saturated heterocycles. The van der Waals surface area contributed by atoms with Gasteiger partial charge in [-0.2, -0.15) is 0 Å². The molecule has 2 aromatic carbocycles. The summed E-state index contributed by atoms with van der Waals surface area (Å²) in [6, 6.07) is 11.5. The number of nitrogens with one attached hydrogen (secondary N) is 1. The quantitative estimate of drug-likeness (QED) is 0.876. The second kappa shape index (κ2) is 7.09. The van der Waals surface area contributed by atoms with Crippen molar-refractivity contribution in [2.75, 3.05) is 26.6 Å². The highest BCUT2D eigenvalue weighted by molar-refractivity contribution is 6.33. The van der Waals surface area contributed by atoms with Crippen molar-refractivity contribution >= 4 is 17.3 Å². The second-order valence-corrected chi connectivity index (χ2v) is 4.73. The van der Waals surface area contributed by atoms with Gasteiger partial charge in [0.25, 0.3) is 0 Å². The first-order valence-corrected chi connectivity index (χ1v) is 6.84. The fraction of sp³-hybridized carbons (Fsp3) is 0.250. The smallest absolute Gasteiger partial charge is 0.179 e. The van der Waals surface area contributed by atoms with Gasteiger partial charge in [0.15, 0.2) is 11.5 Å². The number of ether oxygens (including phenoxy) is 3. The van der Waals surface area contributed by atoms with Crippen LogP contribution in [0.2, 0.25) is 5.02 Å². The lowest BCUT2D eigenvalue weighted by molar-refractivity contribution is 0.355. The zero-order chi connectivity index (χ0) is 15.2. The Balaban J connectivity index is 2.12. The Labute approximate surface area is 129 Å². The van der Waals surface area contributed by atoms with Crippen LogP contribution in [0.4, 0.5) is 5.69 Å². The lowest BCUT2D eigenvalue weighted by atomic mass is 10.2. The monoisotopic (exact) mass is 307 g/mol. The summed E-state index contributed by atoms with van der Waals surface area (Å²) in [7, 11) is 4.81. The zero-order valence-corrected chi connectivity index (χ0v) is 13.0. The minimum atomic E-state index is 0.549. The van der Waals surface area contributed by atoms with E-state index in [2.05, 4.69) is 5.32 Å². The van der Waals surface area contributed by atoms with Crippen LogP contribution in [0.15, 0.2) is 36.4 Å². The third-order valence-corrected chi connectivity index (χ3v) is 3.55. The van der Waals surface area contributed by atoms with E-state index in [-0.39, 0.29) is 0 Å². The van der Waals surface area contributed by atoms with Gasteiger partial charge in [0.2, 0.25) is 0 Å². The molecule has 2 rings (SSSR count). The Hall–Kier alpha value is -2.07. The molecule has 4 nitrogen and oxygen atoms in total. The average molecular weight is 308 g/mol. The molecule has 0 heterocycles. The van der Waals surface area contributed by atoms with Gasteiger partial charge in [-0.25, -0.2) is 0 Å². The normalized spacial score (nSPS) is 10.1. The van der Waals surface area contributed by atoms with Crippen LogP contribution >= 0.6 is 11.6 Å². The van der Waals surface area contributed by atoms with Crippen molar-refractivity contribution in [1.29, 1.82) is 0 Å². The first-order chi connectivity index (χ1) is 10.2. The molecule has 112 valence electrons. The zero-order valence-electron chi connectivity index (χ0n) is 12.3. The summed E-state index contributed by atoms with van der Waals surface area (Å²) in [6.45, 7) is 0.589. The molecule has 0 aliphatic heterocycles. The third kappa shape index (κ3) is 3.52. The summed E-state index contributed by atoms with van der Waals surface area (Å²) >= 11 is 6.34. The van der Waals surface area contributed by atoms with E-state index in [9.17, 15) is 0 Å². The molecule has 0 fully saturated rings. The van der Waals surface area contributed by atoms with E-state index in [0.717, 1.165) is 17.0 Å². The maximum absolute atomic E-state index is 6.34. The number of anilines is 1. The van der Waals surface area contributed by atoms with Crippen LogP contribution in [0, 0.1) is 0 Å². The molecular weight excluding hydrogens is 290 g/mol. The van der Waals surface area contributed by atoms with Crippen LogP contribution in [-0.2, 0) is 6.54 Å². The molecule has 0 aromatic heterocycles. The van der Waals surface area contributed by atoms with E-state index < -0.39 is 0 Å². The molecule has 0 spiro atoms. The molecule has 1 N–H and O–H groups in total. The molecular formula is C16H18ClNO3. The van der Waals surface area contributed by atoms with Gasteiger partial charge < -0.3 is 19.5 Å². The van der Waals surface area contributed by atoms with Gasteiger partial charge in [-0.15, -0.1) is 0 Å². The Kier molecular flexibility index (Phi) is 5.17. The first-order valence-electron chi connectivity index (χ1n) is 6.47. The fourth-order valence-electron chi connectivity index (χ4n) is 1.97. The molecule has 0 unspecified atom stereocenters. The lowest BCUT2D eigenvalue weighted by Gasteiger charge is -2.14. The third-order valence-electron chi connectivity index (χ3n) is 3.14. The van der Waals surface area contributed by atoms with E-state index in [1.807, 2.05) is 36.4 Å². The Morgan fingerprint density at radius 1 is 0.905 bits per heavy atom. The van der Waals surface area contributed by atoms with Crippen molar-refractivity contribution in [1.82, 2.24) is 0 Å². The highest BCUT2D eigenvalue weighted by Crippen LogP contribution is 2.37. The summed E-state index contributed by atoms with van der Waals surface area (Å²) in [5.41, 5.74) is 1.92. The molecule has 0 atom stereocenters. The van der Waals surface area contributed by atoms with Crippen LogP contribution < -0.4 is 19.5 Å².